The van der Waals surface area contributed by atoms with Crippen LogP contribution in [0.25, 0.3) is 0 Å². The maximum absolute atomic E-state index is 8.56. The number of ether oxygens (including phenoxy) is 1. The number of methoxy groups -OCH3 is 1. The number of hydrogen-bond donors (Lipinski definition) is 0. The second-order valence-corrected chi connectivity index (χ2v) is 3.60. The third-order valence-electron chi connectivity index (χ3n) is 1.88. The van der Waals surface area contributed by atoms with Gasteiger partial charge in [-0.2, -0.15) is 5.26 Å². The fraction of sp³-hybridized carbons (Fsp3) is 0.300. The summed E-state index contributed by atoms with van der Waals surface area (Å²) in [7, 11) is 1.63. The van der Waals surface area contributed by atoms with Gasteiger partial charge >= 0.3 is 0 Å². The fourth-order valence-electron chi connectivity index (χ4n) is 1.13. The molecule has 0 aliphatic rings. The number of nitrogens with zero attached hydrogens (tertiary/aromatic N) is 1. The molecule has 0 atom stereocenters. The Bertz CT molecular complexity index is 355. The van der Waals surface area contributed by atoms with E-state index in [1.54, 1.807) is 7.11 Å². The van der Waals surface area contributed by atoms with E-state index in [4.69, 9.17) is 10.00 Å². The maximum Gasteiger partial charge on any atom is 0.133 e. The highest BCUT2D eigenvalue weighted by atomic mass is 79.9. The Hall–Kier alpha value is -1.01. The third-order valence-corrected chi connectivity index (χ3v) is 2.50. The first-order chi connectivity index (χ1) is 6.19. The van der Waals surface area contributed by atoms with Crippen LogP contribution in [-0.4, -0.2) is 7.11 Å². The molecular weight excluding hydrogens is 230 g/mol. The van der Waals surface area contributed by atoms with Crippen LogP contribution in [0.15, 0.2) is 16.6 Å². The van der Waals surface area contributed by atoms with Crippen molar-refractivity contribution in [2.24, 2.45) is 0 Å². The summed E-state index contributed by atoms with van der Waals surface area (Å²) in [6.45, 7) is 1.97. The highest BCUT2D eigenvalue weighted by Crippen LogP contribution is 2.28. The molecule has 0 heterocycles. The predicted octanol–water partition coefficient (Wildman–Crippen LogP) is 2.83. The van der Waals surface area contributed by atoms with Crippen molar-refractivity contribution in [2.45, 2.75) is 13.3 Å². The molecule has 0 bridgehead atoms. The highest BCUT2D eigenvalue weighted by Gasteiger charge is 2.04. The van der Waals surface area contributed by atoms with Gasteiger partial charge in [0.25, 0.3) is 0 Å². The summed E-state index contributed by atoms with van der Waals surface area (Å²) >= 11 is 3.38. The minimum atomic E-state index is 0.439. The lowest BCUT2D eigenvalue weighted by Crippen LogP contribution is -1.91. The lowest BCUT2D eigenvalue weighted by molar-refractivity contribution is 0.411. The van der Waals surface area contributed by atoms with Crippen LogP contribution in [-0.2, 0) is 6.42 Å². The van der Waals surface area contributed by atoms with Crippen molar-refractivity contribution in [3.63, 3.8) is 0 Å². The molecule has 0 aromatic heterocycles. The molecule has 68 valence electrons. The smallest absolute Gasteiger partial charge is 0.133 e. The largest absolute Gasteiger partial charge is 0.496 e. The summed E-state index contributed by atoms with van der Waals surface area (Å²) in [6.07, 6.45) is 0.439. The van der Waals surface area contributed by atoms with Crippen molar-refractivity contribution in [1.82, 2.24) is 0 Å². The number of rotatable bonds is 2. The Balaban J connectivity index is 3.14. The normalized spacial score (nSPS) is 9.38. The Morgan fingerprint density at radius 3 is 2.77 bits per heavy atom. The van der Waals surface area contributed by atoms with E-state index in [0.717, 1.165) is 21.3 Å². The Morgan fingerprint density at radius 2 is 2.23 bits per heavy atom. The quantitative estimate of drug-likeness (QED) is 0.796. The van der Waals surface area contributed by atoms with Crippen LogP contribution >= 0.6 is 15.9 Å². The van der Waals surface area contributed by atoms with Gasteiger partial charge in [-0.25, -0.2) is 0 Å². The lowest BCUT2D eigenvalue weighted by Gasteiger charge is -2.07. The van der Waals surface area contributed by atoms with Crippen LogP contribution in [0.2, 0.25) is 0 Å². The molecule has 0 saturated heterocycles. The van der Waals surface area contributed by atoms with Gasteiger partial charge in [0.05, 0.1) is 24.1 Å². The van der Waals surface area contributed by atoms with Gasteiger partial charge in [0.2, 0.25) is 0 Å². The van der Waals surface area contributed by atoms with Crippen LogP contribution < -0.4 is 4.74 Å². The third kappa shape index (κ3) is 2.22. The van der Waals surface area contributed by atoms with Crippen LogP contribution in [0.1, 0.15) is 11.1 Å². The second kappa shape index (κ2) is 4.29. The van der Waals surface area contributed by atoms with Gasteiger partial charge in [-0.15, -0.1) is 0 Å². The summed E-state index contributed by atoms with van der Waals surface area (Å²) in [5.74, 6) is 0.805. The summed E-state index contributed by atoms with van der Waals surface area (Å²) in [5, 5.41) is 8.56. The van der Waals surface area contributed by atoms with Gasteiger partial charge in [-0.3, -0.25) is 0 Å². The first kappa shape index (κ1) is 10.1. The Morgan fingerprint density at radius 1 is 1.54 bits per heavy atom. The molecule has 0 aliphatic carbocycles. The number of halogens is 1. The number of nitriles is 1. The first-order valence-corrected chi connectivity index (χ1v) is 4.68. The van der Waals surface area contributed by atoms with E-state index >= 15 is 0 Å². The van der Waals surface area contributed by atoms with Gasteiger partial charge in [0.15, 0.2) is 0 Å². The molecule has 0 unspecified atom stereocenters. The van der Waals surface area contributed by atoms with Crippen molar-refractivity contribution in [2.75, 3.05) is 7.11 Å². The molecule has 1 aromatic carbocycles. The molecule has 0 amide bonds. The van der Waals surface area contributed by atoms with E-state index in [2.05, 4.69) is 22.0 Å². The average molecular weight is 240 g/mol. The number of aryl methyl sites for hydroxylation is 1. The standard InChI is InChI=1S/C10H10BrNO/c1-7-5-10(13-2)9(11)6-8(7)3-4-12/h5-6H,3H2,1-2H3. The summed E-state index contributed by atoms with van der Waals surface area (Å²) in [6, 6.07) is 5.98. The molecule has 13 heavy (non-hydrogen) atoms. The van der Waals surface area contributed by atoms with E-state index in [-0.39, 0.29) is 0 Å². The van der Waals surface area contributed by atoms with Crippen LogP contribution in [0.4, 0.5) is 0 Å². The Kier molecular flexibility index (Phi) is 3.32. The van der Waals surface area contributed by atoms with Crippen molar-refractivity contribution in [1.29, 1.82) is 5.26 Å². The van der Waals surface area contributed by atoms with Crippen LogP contribution in [0.3, 0.4) is 0 Å². The molecule has 0 spiro atoms. The van der Waals surface area contributed by atoms with Crippen molar-refractivity contribution in [3.8, 4) is 11.8 Å². The van der Waals surface area contributed by atoms with Gasteiger partial charge < -0.3 is 4.74 Å². The molecule has 3 heteroatoms. The maximum atomic E-state index is 8.56. The van der Waals surface area contributed by atoms with Gasteiger partial charge in [-0.05, 0) is 46.1 Å². The SMILES string of the molecule is COc1cc(C)c(CC#N)cc1Br. The van der Waals surface area contributed by atoms with E-state index < -0.39 is 0 Å². The molecule has 0 aliphatic heterocycles. The van der Waals surface area contributed by atoms with Crippen molar-refractivity contribution in [3.05, 3.63) is 27.7 Å². The fourth-order valence-corrected chi connectivity index (χ4v) is 1.68. The van der Waals surface area contributed by atoms with Gasteiger partial charge in [-0.1, -0.05) is 0 Å². The number of benzene rings is 1. The predicted molar refractivity (Wildman–Crippen MR) is 54.7 cm³/mol. The Labute approximate surface area is 86.3 Å². The minimum absolute atomic E-state index is 0.439. The zero-order valence-corrected chi connectivity index (χ0v) is 9.18. The minimum Gasteiger partial charge on any atom is -0.496 e. The van der Waals surface area contributed by atoms with Crippen molar-refractivity contribution < 1.29 is 4.74 Å². The zero-order valence-electron chi connectivity index (χ0n) is 7.60. The monoisotopic (exact) mass is 239 g/mol. The van der Waals surface area contributed by atoms with E-state index in [1.807, 2.05) is 19.1 Å². The molecular formula is C10H10BrNO. The first-order valence-electron chi connectivity index (χ1n) is 3.89. The topological polar surface area (TPSA) is 33.0 Å². The average Bonchev–Trinajstić information content (AvgIpc) is 2.11. The summed E-state index contributed by atoms with van der Waals surface area (Å²) in [5.41, 5.74) is 2.12. The second-order valence-electron chi connectivity index (χ2n) is 2.75. The summed E-state index contributed by atoms with van der Waals surface area (Å²) in [4.78, 5) is 0. The molecule has 0 saturated carbocycles. The number of hydrogen-bond acceptors (Lipinski definition) is 2. The molecule has 1 aromatic rings. The lowest BCUT2D eigenvalue weighted by atomic mass is 10.1. The molecule has 0 radical (unpaired) electrons. The van der Waals surface area contributed by atoms with Crippen molar-refractivity contribution >= 4 is 15.9 Å². The molecule has 0 fully saturated rings. The van der Waals surface area contributed by atoms with Crippen LogP contribution in [0, 0.1) is 18.3 Å². The van der Waals surface area contributed by atoms with Crippen LogP contribution in [0.5, 0.6) is 5.75 Å². The molecule has 1 rings (SSSR count). The molecule has 0 N–H and O–H groups in total. The van der Waals surface area contributed by atoms with Gasteiger partial charge in [0.1, 0.15) is 5.75 Å². The van der Waals surface area contributed by atoms with Gasteiger partial charge in [0, 0.05) is 0 Å². The summed E-state index contributed by atoms with van der Waals surface area (Å²) < 4.78 is 6.02. The van der Waals surface area contributed by atoms with E-state index in [9.17, 15) is 0 Å². The zero-order chi connectivity index (χ0) is 9.84. The van der Waals surface area contributed by atoms with E-state index in [1.165, 1.54) is 0 Å². The molecule has 2 nitrogen and oxygen atoms in total. The van der Waals surface area contributed by atoms with E-state index in [0.29, 0.717) is 6.42 Å². The highest BCUT2D eigenvalue weighted by molar-refractivity contribution is 9.10.